The van der Waals surface area contributed by atoms with Gasteiger partial charge in [0.05, 0.1) is 16.9 Å². The molecule has 0 aliphatic carbocycles. The normalized spacial score (nSPS) is 18.0. The molecular weight excluding hydrogens is 318 g/mol. The molecule has 0 aromatic heterocycles. The second-order valence-corrected chi connectivity index (χ2v) is 6.67. The molecule has 0 bridgehead atoms. The minimum Gasteiger partial charge on any atom is -0.375 e. The highest BCUT2D eigenvalue weighted by Crippen LogP contribution is 2.39. The van der Waals surface area contributed by atoms with Gasteiger partial charge >= 0.3 is 0 Å². The Morgan fingerprint density at radius 1 is 1.38 bits per heavy atom. The molecule has 0 unspecified atom stereocenters. The predicted molar refractivity (Wildman–Crippen MR) is 104 cm³/mol. The Morgan fingerprint density at radius 3 is 2.71 bits per heavy atom. The molecule has 0 amide bonds. The van der Waals surface area contributed by atoms with Gasteiger partial charge in [-0.1, -0.05) is 49.0 Å². The van der Waals surface area contributed by atoms with E-state index in [4.69, 9.17) is 0 Å². The van der Waals surface area contributed by atoms with Gasteiger partial charge in [-0.25, -0.2) is 4.99 Å². The minimum absolute atomic E-state index is 0.0511. The third-order valence-corrected chi connectivity index (χ3v) is 4.81. The van der Waals surface area contributed by atoms with E-state index < -0.39 is 0 Å². The maximum absolute atomic E-state index is 11.3. The number of aryl methyl sites for hydroxylation is 1. The smallest absolute Gasteiger partial charge is 0.158 e. The number of nitrogens with zero attached hydrogens (tertiary/aromatic N) is 2. The van der Waals surface area contributed by atoms with E-state index in [2.05, 4.69) is 42.9 Å². The number of carbonyl (C=O) groups is 1. The molecular formula is C19H23N3OS. The third-order valence-electron chi connectivity index (χ3n) is 3.61. The molecule has 0 saturated heterocycles. The summed E-state index contributed by atoms with van der Waals surface area (Å²) < 4.78 is 0. The lowest BCUT2D eigenvalue weighted by atomic mass is 10.2. The zero-order valence-corrected chi connectivity index (χ0v) is 15.1. The van der Waals surface area contributed by atoms with Crippen molar-refractivity contribution >= 4 is 30.1 Å². The first-order valence-corrected chi connectivity index (χ1v) is 8.74. The van der Waals surface area contributed by atoms with Crippen molar-refractivity contribution in [3.63, 3.8) is 0 Å². The number of carbonyl (C=O) groups excluding carboxylic acids is 1. The van der Waals surface area contributed by atoms with Crippen LogP contribution in [-0.4, -0.2) is 25.0 Å². The van der Waals surface area contributed by atoms with Crippen LogP contribution >= 0.6 is 11.8 Å². The largest absolute Gasteiger partial charge is 0.375 e. The summed E-state index contributed by atoms with van der Waals surface area (Å²) >= 11 is 1.44. The summed E-state index contributed by atoms with van der Waals surface area (Å²) in [6.45, 7) is 8.21. The number of nitrogens with one attached hydrogen (secondary N) is 1. The molecule has 0 fully saturated rings. The molecule has 24 heavy (non-hydrogen) atoms. The Kier molecular flexibility index (Phi) is 6.44. The Morgan fingerprint density at radius 2 is 2.08 bits per heavy atom. The minimum atomic E-state index is -0.0511. The fourth-order valence-electron chi connectivity index (χ4n) is 2.17. The molecule has 1 aromatic rings. The van der Waals surface area contributed by atoms with Crippen molar-refractivity contribution in [2.45, 2.75) is 25.6 Å². The third kappa shape index (κ3) is 4.38. The summed E-state index contributed by atoms with van der Waals surface area (Å²) in [5.41, 5.74) is 3.71. The molecule has 1 heterocycles. The van der Waals surface area contributed by atoms with Gasteiger partial charge in [0.1, 0.15) is 5.37 Å². The van der Waals surface area contributed by atoms with Gasteiger partial charge in [0.2, 0.25) is 0 Å². The SMILES string of the molecule is C=C1C(N=CN(C)c2ccc(C)cc2)=C(C=O)S[C@@H]1N/C=C\CC. The van der Waals surface area contributed by atoms with Gasteiger partial charge in [0, 0.05) is 18.3 Å². The molecule has 0 radical (unpaired) electrons. The lowest BCUT2D eigenvalue weighted by molar-refractivity contribution is -0.104. The summed E-state index contributed by atoms with van der Waals surface area (Å²) in [6, 6.07) is 8.18. The molecule has 5 heteroatoms. The first-order chi connectivity index (χ1) is 11.6. The van der Waals surface area contributed by atoms with Crippen LogP contribution in [0.5, 0.6) is 0 Å². The van der Waals surface area contributed by atoms with E-state index in [1.807, 2.05) is 36.4 Å². The fraction of sp³-hybridized carbons (Fsp3) is 0.263. The second-order valence-electron chi connectivity index (χ2n) is 5.52. The summed E-state index contributed by atoms with van der Waals surface area (Å²) in [4.78, 5) is 18.4. The van der Waals surface area contributed by atoms with Gasteiger partial charge in [-0.05, 0) is 31.7 Å². The molecule has 1 aliphatic heterocycles. The molecule has 1 aliphatic rings. The van der Waals surface area contributed by atoms with Crippen LogP contribution in [-0.2, 0) is 4.79 Å². The molecule has 0 saturated carbocycles. The van der Waals surface area contributed by atoms with E-state index in [1.165, 1.54) is 17.3 Å². The Balaban J connectivity index is 2.11. The zero-order valence-electron chi connectivity index (χ0n) is 14.3. The van der Waals surface area contributed by atoms with Gasteiger partial charge in [-0.3, -0.25) is 4.79 Å². The first-order valence-electron chi connectivity index (χ1n) is 7.86. The molecule has 126 valence electrons. The number of aliphatic imine (C=N–C) groups is 1. The summed E-state index contributed by atoms with van der Waals surface area (Å²) in [7, 11) is 1.93. The molecule has 1 N–H and O–H groups in total. The van der Waals surface area contributed by atoms with Gasteiger partial charge in [0.25, 0.3) is 0 Å². The van der Waals surface area contributed by atoms with E-state index >= 15 is 0 Å². The summed E-state index contributed by atoms with van der Waals surface area (Å²) in [6.07, 6.45) is 7.45. The van der Waals surface area contributed by atoms with Crippen LogP contribution in [0.4, 0.5) is 5.69 Å². The maximum Gasteiger partial charge on any atom is 0.158 e. The maximum atomic E-state index is 11.3. The van der Waals surface area contributed by atoms with Crippen molar-refractivity contribution < 1.29 is 4.79 Å². The number of hydrogen-bond acceptors (Lipinski definition) is 4. The highest BCUT2D eigenvalue weighted by Gasteiger charge is 2.27. The number of benzene rings is 1. The first kappa shape index (κ1) is 18.1. The molecule has 2 rings (SSSR count). The lowest BCUT2D eigenvalue weighted by Gasteiger charge is -2.14. The molecule has 0 spiro atoms. The Hall–Kier alpha value is -2.27. The van der Waals surface area contributed by atoms with Crippen LogP contribution in [0.25, 0.3) is 0 Å². The highest BCUT2D eigenvalue weighted by molar-refractivity contribution is 8.05. The number of allylic oxidation sites excluding steroid dienone is 2. The van der Waals surface area contributed by atoms with E-state index in [0.29, 0.717) is 10.6 Å². The zero-order chi connectivity index (χ0) is 17.5. The number of hydrogen-bond donors (Lipinski definition) is 1. The van der Waals surface area contributed by atoms with Gasteiger partial charge in [-0.15, -0.1) is 0 Å². The number of aldehydes is 1. The average molecular weight is 341 g/mol. The topological polar surface area (TPSA) is 44.7 Å². The van der Waals surface area contributed by atoms with Gasteiger partial charge < -0.3 is 10.2 Å². The Bertz CT molecular complexity index is 689. The molecule has 4 nitrogen and oxygen atoms in total. The van der Waals surface area contributed by atoms with Crippen molar-refractivity contribution in [2.24, 2.45) is 4.99 Å². The standard InChI is InChI=1S/C19H23N3OS/c1-5-6-11-20-19-15(3)18(17(12-23)24-19)21-13-22(4)16-9-7-14(2)8-10-16/h6-13,19-20H,3,5H2,1-2,4H3/b11-6-,21-13?/t19-/m0/s1. The molecule has 1 aromatic carbocycles. The van der Waals surface area contributed by atoms with Crippen molar-refractivity contribution in [3.05, 3.63) is 64.9 Å². The number of thioether (sulfide) groups is 1. The van der Waals surface area contributed by atoms with Crippen LogP contribution in [0.3, 0.4) is 0 Å². The Labute approximate surface area is 148 Å². The van der Waals surface area contributed by atoms with Crippen LogP contribution in [0.15, 0.2) is 64.3 Å². The second kappa shape index (κ2) is 8.55. The van der Waals surface area contributed by atoms with Crippen molar-refractivity contribution in [1.29, 1.82) is 0 Å². The van der Waals surface area contributed by atoms with Crippen LogP contribution in [0, 0.1) is 6.92 Å². The van der Waals surface area contributed by atoms with Gasteiger partial charge in [-0.2, -0.15) is 0 Å². The lowest BCUT2D eigenvalue weighted by Crippen LogP contribution is -2.20. The summed E-state index contributed by atoms with van der Waals surface area (Å²) in [5.74, 6) is 0. The number of anilines is 1. The van der Waals surface area contributed by atoms with E-state index in [0.717, 1.165) is 24.0 Å². The number of rotatable bonds is 7. The van der Waals surface area contributed by atoms with Crippen LogP contribution in [0.1, 0.15) is 18.9 Å². The monoisotopic (exact) mass is 341 g/mol. The molecule has 1 atom stereocenters. The van der Waals surface area contributed by atoms with Gasteiger partial charge in [0.15, 0.2) is 6.29 Å². The fourth-order valence-corrected chi connectivity index (χ4v) is 3.17. The van der Waals surface area contributed by atoms with E-state index in [-0.39, 0.29) is 5.37 Å². The van der Waals surface area contributed by atoms with Crippen LogP contribution in [0.2, 0.25) is 0 Å². The van der Waals surface area contributed by atoms with E-state index in [9.17, 15) is 4.79 Å². The van der Waals surface area contributed by atoms with Crippen molar-refractivity contribution in [1.82, 2.24) is 5.32 Å². The summed E-state index contributed by atoms with van der Waals surface area (Å²) in [5, 5.41) is 3.20. The van der Waals surface area contributed by atoms with Crippen LogP contribution < -0.4 is 10.2 Å². The highest BCUT2D eigenvalue weighted by atomic mass is 32.2. The van der Waals surface area contributed by atoms with E-state index in [1.54, 1.807) is 6.34 Å². The average Bonchev–Trinajstić information content (AvgIpc) is 2.89. The van der Waals surface area contributed by atoms with Crippen molar-refractivity contribution in [3.8, 4) is 0 Å². The van der Waals surface area contributed by atoms with Crippen molar-refractivity contribution in [2.75, 3.05) is 11.9 Å². The quantitative estimate of drug-likeness (QED) is 0.462. The predicted octanol–water partition coefficient (Wildman–Crippen LogP) is 4.01.